The van der Waals surface area contributed by atoms with Gasteiger partial charge < -0.3 is 4.74 Å². The van der Waals surface area contributed by atoms with Gasteiger partial charge in [0.25, 0.3) is 0 Å². The molecule has 0 aliphatic heterocycles. The van der Waals surface area contributed by atoms with Gasteiger partial charge in [-0.15, -0.1) is 0 Å². The molecule has 0 N–H and O–H groups in total. The third-order valence-corrected chi connectivity index (χ3v) is 3.33. The number of ether oxygens (including phenoxy) is 1. The molecular formula is C13H15BrN2O2. The summed E-state index contributed by atoms with van der Waals surface area (Å²) in [5.74, 6) is 0. The lowest BCUT2D eigenvalue weighted by Gasteiger charge is -2.05. The van der Waals surface area contributed by atoms with Crippen molar-refractivity contribution in [2.24, 2.45) is 0 Å². The molecule has 0 amide bonds. The van der Waals surface area contributed by atoms with Crippen LogP contribution in [-0.4, -0.2) is 22.3 Å². The van der Waals surface area contributed by atoms with Crippen molar-refractivity contribution in [1.82, 2.24) is 9.55 Å². The molecule has 2 aromatic rings. The van der Waals surface area contributed by atoms with Crippen molar-refractivity contribution in [1.29, 1.82) is 0 Å². The van der Waals surface area contributed by atoms with Gasteiger partial charge in [-0.2, -0.15) is 0 Å². The van der Waals surface area contributed by atoms with E-state index < -0.39 is 0 Å². The van der Waals surface area contributed by atoms with Crippen molar-refractivity contribution in [2.45, 2.75) is 25.1 Å². The first-order valence-corrected chi connectivity index (χ1v) is 7.07. The quantitative estimate of drug-likeness (QED) is 0.638. The van der Waals surface area contributed by atoms with Gasteiger partial charge in [0.2, 0.25) is 0 Å². The van der Waals surface area contributed by atoms with Gasteiger partial charge >= 0.3 is 6.09 Å². The molecule has 0 aliphatic rings. The summed E-state index contributed by atoms with van der Waals surface area (Å²) in [4.78, 5) is 16.1. The number of unbranched alkanes of at least 4 members (excludes halogenated alkanes) is 1. The topological polar surface area (TPSA) is 44.1 Å². The van der Waals surface area contributed by atoms with E-state index in [1.54, 1.807) is 0 Å². The van der Waals surface area contributed by atoms with Crippen LogP contribution in [0, 0.1) is 0 Å². The first kappa shape index (κ1) is 13.1. The average Bonchev–Trinajstić information content (AvgIpc) is 2.81. The van der Waals surface area contributed by atoms with Crippen molar-refractivity contribution < 1.29 is 9.53 Å². The second-order valence-electron chi connectivity index (χ2n) is 4.04. The SMILES string of the molecule is CCCCOC(=O)n1cnc2ccc(CBr)cc21. The van der Waals surface area contributed by atoms with Crippen LogP contribution in [0.1, 0.15) is 25.3 Å². The van der Waals surface area contributed by atoms with Crippen molar-refractivity contribution in [3.8, 4) is 0 Å². The molecule has 0 atom stereocenters. The molecule has 0 unspecified atom stereocenters. The van der Waals surface area contributed by atoms with E-state index in [9.17, 15) is 4.79 Å². The van der Waals surface area contributed by atoms with Gasteiger partial charge in [0, 0.05) is 5.33 Å². The van der Waals surface area contributed by atoms with Crippen molar-refractivity contribution in [2.75, 3.05) is 6.61 Å². The number of aromatic nitrogens is 2. The Bertz CT molecular complexity index is 551. The van der Waals surface area contributed by atoms with E-state index >= 15 is 0 Å². The number of fused-ring (bicyclic) bond motifs is 1. The third-order valence-electron chi connectivity index (χ3n) is 2.69. The number of hydrogen-bond acceptors (Lipinski definition) is 3. The number of nitrogens with zero attached hydrogens (tertiary/aromatic N) is 2. The van der Waals surface area contributed by atoms with Crippen LogP contribution in [0.3, 0.4) is 0 Å². The Hall–Kier alpha value is -1.36. The average molecular weight is 311 g/mol. The monoisotopic (exact) mass is 310 g/mol. The number of alkyl halides is 1. The lowest BCUT2D eigenvalue weighted by atomic mass is 10.2. The minimum Gasteiger partial charge on any atom is -0.449 e. The number of halogens is 1. The number of hydrogen-bond donors (Lipinski definition) is 0. The Kier molecular flexibility index (Phi) is 4.36. The Morgan fingerprint density at radius 3 is 3.06 bits per heavy atom. The second kappa shape index (κ2) is 6.00. The number of benzene rings is 1. The van der Waals surface area contributed by atoms with Gasteiger partial charge in [-0.25, -0.2) is 14.3 Å². The molecule has 0 spiro atoms. The molecule has 1 heterocycles. The number of imidazole rings is 1. The van der Waals surface area contributed by atoms with Crippen LogP contribution < -0.4 is 0 Å². The van der Waals surface area contributed by atoms with Crippen molar-refractivity contribution in [3.05, 3.63) is 30.1 Å². The first-order chi connectivity index (χ1) is 8.76. The van der Waals surface area contributed by atoms with E-state index in [1.807, 2.05) is 18.2 Å². The van der Waals surface area contributed by atoms with E-state index in [0.29, 0.717) is 6.61 Å². The van der Waals surface area contributed by atoms with Crippen LogP contribution in [0.4, 0.5) is 4.79 Å². The number of carbonyl (C=O) groups excluding carboxylic acids is 1. The molecular weight excluding hydrogens is 296 g/mol. The summed E-state index contributed by atoms with van der Waals surface area (Å²) < 4.78 is 6.64. The minimum absolute atomic E-state index is 0.363. The highest BCUT2D eigenvalue weighted by atomic mass is 79.9. The maximum Gasteiger partial charge on any atom is 0.419 e. The first-order valence-electron chi connectivity index (χ1n) is 5.95. The van der Waals surface area contributed by atoms with Crippen LogP contribution in [-0.2, 0) is 10.1 Å². The summed E-state index contributed by atoms with van der Waals surface area (Å²) >= 11 is 3.40. The Balaban J connectivity index is 2.24. The highest BCUT2D eigenvalue weighted by Gasteiger charge is 2.11. The molecule has 18 heavy (non-hydrogen) atoms. The molecule has 2 rings (SSSR count). The predicted octanol–water partition coefficient (Wildman–Crippen LogP) is 3.72. The highest BCUT2D eigenvalue weighted by Crippen LogP contribution is 2.17. The molecule has 0 saturated heterocycles. The molecule has 1 aromatic carbocycles. The number of rotatable bonds is 4. The highest BCUT2D eigenvalue weighted by molar-refractivity contribution is 9.08. The van der Waals surface area contributed by atoms with Crippen molar-refractivity contribution >= 4 is 33.1 Å². The molecule has 96 valence electrons. The van der Waals surface area contributed by atoms with E-state index in [1.165, 1.54) is 10.9 Å². The van der Waals surface area contributed by atoms with Crippen LogP contribution in [0.5, 0.6) is 0 Å². The summed E-state index contributed by atoms with van der Waals surface area (Å²) in [6, 6.07) is 5.83. The van der Waals surface area contributed by atoms with Crippen LogP contribution >= 0.6 is 15.9 Å². The van der Waals surface area contributed by atoms with Gasteiger partial charge in [0.15, 0.2) is 0 Å². The zero-order valence-electron chi connectivity index (χ0n) is 10.2. The molecule has 5 heteroatoms. The largest absolute Gasteiger partial charge is 0.449 e. The van der Waals surface area contributed by atoms with Gasteiger partial charge in [-0.1, -0.05) is 35.3 Å². The van der Waals surface area contributed by atoms with Gasteiger partial charge in [0.05, 0.1) is 17.6 Å². The Morgan fingerprint density at radius 2 is 2.33 bits per heavy atom. The predicted molar refractivity (Wildman–Crippen MR) is 74.0 cm³/mol. The molecule has 1 aromatic heterocycles. The van der Waals surface area contributed by atoms with Gasteiger partial charge in [0.1, 0.15) is 6.33 Å². The molecule has 0 bridgehead atoms. The molecule has 4 nitrogen and oxygen atoms in total. The molecule has 0 fully saturated rings. The fourth-order valence-electron chi connectivity index (χ4n) is 1.66. The minimum atomic E-state index is -0.363. The van der Waals surface area contributed by atoms with Crippen LogP contribution in [0.25, 0.3) is 11.0 Å². The maximum absolute atomic E-state index is 11.9. The fraction of sp³-hybridized carbons (Fsp3) is 0.385. The van der Waals surface area contributed by atoms with E-state index in [-0.39, 0.29) is 6.09 Å². The summed E-state index contributed by atoms with van der Waals surface area (Å²) in [5.41, 5.74) is 2.69. The lowest BCUT2D eigenvalue weighted by Crippen LogP contribution is -2.13. The van der Waals surface area contributed by atoms with E-state index in [0.717, 1.165) is 34.8 Å². The summed E-state index contributed by atoms with van der Waals surface area (Å²) in [7, 11) is 0. The van der Waals surface area contributed by atoms with Gasteiger partial charge in [-0.05, 0) is 24.1 Å². The van der Waals surface area contributed by atoms with Crippen LogP contribution in [0.15, 0.2) is 24.5 Å². The smallest absolute Gasteiger partial charge is 0.419 e. The van der Waals surface area contributed by atoms with E-state index in [4.69, 9.17) is 4.74 Å². The zero-order chi connectivity index (χ0) is 13.0. The fourth-order valence-corrected chi connectivity index (χ4v) is 2.00. The third kappa shape index (κ3) is 2.72. The normalized spacial score (nSPS) is 10.8. The number of carbonyl (C=O) groups is 1. The maximum atomic E-state index is 11.9. The molecule has 0 radical (unpaired) electrons. The van der Waals surface area contributed by atoms with Crippen LogP contribution in [0.2, 0.25) is 0 Å². The zero-order valence-corrected chi connectivity index (χ0v) is 11.8. The Labute approximate surface area is 114 Å². The molecule has 0 aliphatic carbocycles. The summed E-state index contributed by atoms with van der Waals surface area (Å²) in [6.45, 7) is 2.51. The Morgan fingerprint density at radius 1 is 1.50 bits per heavy atom. The molecule has 0 saturated carbocycles. The summed E-state index contributed by atoms with van der Waals surface area (Å²) in [6.07, 6.45) is 3.03. The van der Waals surface area contributed by atoms with Gasteiger partial charge in [-0.3, -0.25) is 0 Å². The standard InChI is InChI=1S/C13H15BrN2O2/c1-2-3-6-18-13(17)16-9-15-11-5-4-10(8-14)7-12(11)16/h4-5,7,9H,2-3,6,8H2,1H3. The lowest BCUT2D eigenvalue weighted by molar-refractivity contribution is 0.147. The summed E-state index contributed by atoms with van der Waals surface area (Å²) in [5, 5.41) is 0.749. The van der Waals surface area contributed by atoms with Crippen molar-refractivity contribution in [3.63, 3.8) is 0 Å². The second-order valence-corrected chi connectivity index (χ2v) is 4.60. The van der Waals surface area contributed by atoms with E-state index in [2.05, 4.69) is 27.8 Å².